The van der Waals surface area contributed by atoms with Gasteiger partial charge in [-0.1, -0.05) is 18.2 Å². The first-order chi connectivity index (χ1) is 13.7. The highest BCUT2D eigenvalue weighted by atomic mass is 16.5. The zero-order valence-electron chi connectivity index (χ0n) is 16.6. The summed E-state index contributed by atoms with van der Waals surface area (Å²) in [5, 5.41) is 6.59. The molecule has 2 aromatic carbocycles. The molecule has 3 rings (SSSR count). The molecule has 0 saturated carbocycles. The van der Waals surface area contributed by atoms with E-state index in [1.54, 1.807) is 13.3 Å². The summed E-state index contributed by atoms with van der Waals surface area (Å²) >= 11 is 0. The van der Waals surface area contributed by atoms with Gasteiger partial charge in [0.15, 0.2) is 0 Å². The number of hydrogen-bond acceptors (Lipinski definition) is 6. The molecule has 0 fully saturated rings. The highest BCUT2D eigenvalue weighted by molar-refractivity contribution is 5.60. The molecule has 2 N–H and O–H groups in total. The maximum absolute atomic E-state index is 5.39. The van der Waals surface area contributed by atoms with Crippen LogP contribution in [0, 0.1) is 0 Å². The van der Waals surface area contributed by atoms with Crippen molar-refractivity contribution in [1.82, 2.24) is 9.97 Å². The zero-order valence-corrected chi connectivity index (χ0v) is 16.6. The molecular weight excluding hydrogens is 350 g/mol. The fourth-order valence-electron chi connectivity index (χ4n) is 3.03. The molecule has 1 aromatic heterocycles. The molecule has 0 aliphatic heterocycles. The van der Waals surface area contributed by atoms with Gasteiger partial charge in [0.1, 0.15) is 11.6 Å². The maximum atomic E-state index is 5.39. The van der Waals surface area contributed by atoms with Gasteiger partial charge >= 0.3 is 0 Å². The molecule has 6 nitrogen and oxygen atoms in total. The van der Waals surface area contributed by atoms with E-state index in [2.05, 4.69) is 51.5 Å². The van der Waals surface area contributed by atoms with Crippen LogP contribution in [0.4, 0.5) is 23.1 Å². The fraction of sp³-hybridized carbons (Fsp3) is 0.273. The Morgan fingerprint density at radius 1 is 0.964 bits per heavy atom. The Kier molecular flexibility index (Phi) is 6.68. The Morgan fingerprint density at radius 2 is 1.71 bits per heavy atom. The summed E-state index contributed by atoms with van der Waals surface area (Å²) in [6.45, 7) is 6.93. The fourth-order valence-corrected chi connectivity index (χ4v) is 3.03. The summed E-state index contributed by atoms with van der Waals surface area (Å²) < 4.78 is 5.39. The van der Waals surface area contributed by atoms with E-state index >= 15 is 0 Å². The van der Waals surface area contributed by atoms with Crippen LogP contribution < -0.4 is 20.3 Å². The number of rotatable bonds is 9. The van der Waals surface area contributed by atoms with Gasteiger partial charge in [-0.05, 0) is 50.2 Å². The smallest absolute Gasteiger partial charge is 0.229 e. The van der Waals surface area contributed by atoms with Crippen LogP contribution in [0.3, 0.4) is 0 Å². The SMILES string of the molecule is CCN(CC)c1ccc(Nc2nccc(NCc3ccccc3OC)n2)cc1. The van der Waals surface area contributed by atoms with Gasteiger partial charge in [-0.15, -0.1) is 0 Å². The largest absolute Gasteiger partial charge is 0.496 e. The Balaban J connectivity index is 1.65. The van der Waals surface area contributed by atoms with E-state index in [4.69, 9.17) is 4.74 Å². The first-order valence-corrected chi connectivity index (χ1v) is 9.54. The van der Waals surface area contributed by atoms with E-state index < -0.39 is 0 Å². The number of nitrogens with one attached hydrogen (secondary N) is 2. The van der Waals surface area contributed by atoms with Gasteiger partial charge in [-0.3, -0.25) is 0 Å². The highest BCUT2D eigenvalue weighted by Gasteiger charge is 2.05. The molecule has 0 spiro atoms. The summed E-state index contributed by atoms with van der Waals surface area (Å²) in [4.78, 5) is 11.2. The van der Waals surface area contributed by atoms with E-state index in [9.17, 15) is 0 Å². The van der Waals surface area contributed by atoms with Crippen molar-refractivity contribution in [1.29, 1.82) is 0 Å². The van der Waals surface area contributed by atoms with Crippen LogP contribution in [0.25, 0.3) is 0 Å². The van der Waals surface area contributed by atoms with E-state index in [1.165, 1.54) is 5.69 Å². The Hall–Kier alpha value is -3.28. The third kappa shape index (κ3) is 4.91. The molecule has 146 valence electrons. The molecule has 0 amide bonds. The van der Waals surface area contributed by atoms with Gasteiger partial charge in [0.05, 0.1) is 7.11 Å². The van der Waals surface area contributed by atoms with Crippen molar-refractivity contribution >= 4 is 23.1 Å². The van der Waals surface area contributed by atoms with Crippen molar-refractivity contribution in [2.24, 2.45) is 0 Å². The topological polar surface area (TPSA) is 62.3 Å². The number of methoxy groups -OCH3 is 1. The molecular formula is C22H27N5O. The second-order valence-corrected chi connectivity index (χ2v) is 6.28. The number of nitrogens with zero attached hydrogens (tertiary/aromatic N) is 3. The first kappa shape index (κ1) is 19.5. The van der Waals surface area contributed by atoms with Crippen LogP contribution in [-0.2, 0) is 6.54 Å². The third-order valence-corrected chi connectivity index (χ3v) is 4.56. The number of benzene rings is 2. The Bertz CT molecular complexity index is 878. The lowest BCUT2D eigenvalue weighted by atomic mass is 10.2. The van der Waals surface area contributed by atoms with Crippen LogP contribution in [0.2, 0.25) is 0 Å². The molecule has 0 aliphatic rings. The summed E-state index contributed by atoms with van der Waals surface area (Å²) in [6, 6.07) is 18.1. The Morgan fingerprint density at radius 3 is 2.43 bits per heavy atom. The van der Waals surface area contributed by atoms with Gasteiger partial charge in [-0.25, -0.2) is 4.98 Å². The third-order valence-electron chi connectivity index (χ3n) is 4.56. The minimum atomic E-state index is 0.556. The average Bonchev–Trinajstić information content (AvgIpc) is 2.75. The lowest BCUT2D eigenvalue weighted by Crippen LogP contribution is -2.21. The second kappa shape index (κ2) is 9.60. The molecule has 3 aromatic rings. The highest BCUT2D eigenvalue weighted by Crippen LogP contribution is 2.21. The predicted molar refractivity (Wildman–Crippen MR) is 116 cm³/mol. The normalized spacial score (nSPS) is 10.4. The lowest BCUT2D eigenvalue weighted by molar-refractivity contribution is 0.410. The van der Waals surface area contributed by atoms with Gasteiger partial charge in [0, 0.05) is 42.8 Å². The molecule has 0 atom stereocenters. The maximum Gasteiger partial charge on any atom is 0.229 e. The van der Waals surface area contributed by atoms with Crippen LogP contribution in [-0.4, -0.2) is 30.2 Å². The molecule has 0 aliphatic carbocycles. The number of hydrogen-bond donors (Lipinski definition) is 2. The summed E-state index contributed by atoms with van der Waals surface area (Å²) in [5.74, 6) is 2.17. The van der Waals surface area contributed by atoms with Crippen molar-refractivity contribution in [2.75, 3.05) is 35.7 Å². The molecule has 0 saturated heterocycles. The van der Waals surface area contributed by atoms with Crippen LogP contribution in [0.5, 0.6) is 5.75 Å². The van der Waals surface area contributed by atoms with E-state index in [1.807, 2.05) is 42.5 Å². The monoisotopic (exact) mass is 377 g/mol. The van der Waals surface area contributed by atoms with Crippen molar-refractivity contribution < 1.29 is 4.74 Å². The minimum absolute atomic E-state index is 0.556. The number of ether oxygens (including phenoxy) is 1. The van der Waals surface area contributed by atoms with Crippen molar-refractivity contribution in [3.05, 3.63) is 66.4 Å². The zero-order chi connectivity index (χ0) is 19.8. The van der Waals surface area contributed by atoms with Crippen molar-refractivity contribution in [2.45, 2.75) is 20.4 Å². The van der Waals surface area contributed by atoms with E-state index in [0.717, 1.165) is 35.9 Å². The lowest BCUT2D eigenvalue weighted by Gasteiger charge is -2.21. The molecule has 0 bridgehead atoms. The first-order valence-electron chi connectivity index (χ1n) is 9.54. The van der Waals surface area contributed by atoms with E-state index in [-0.39, 0.29) is 0 Å². The molecule has 1 heterocycles. The van der Waals surface area contributed by atoms with Crippen LogP contribution >= 0.6 is 0 Å². The molecule has 0 unspecified atom stereocenters. The van der Waals surface area contributed by atoms with Crippen molar-refractivity contribution in [3.63, 3.8) is 0 Å². The minimum Gasteiger partial charge on any atom is -0.496 e. The van der Waals surface area contributed by atoms with Crippen LogP contribution in [0.1, 0.15) is 19.4 Å². The molecule has 0 radical (unpaired) electrons. The molecule has 6 heteroatoms. The van der Waals surface area contributed by atoms with Crippen molar-refractivity contribution in [3.8, 4) is 5.75 Å². The standard InChI is InChI=1S/C22H27N5O/c1-4-27(5-2)19-12-10-18(11-13-19)25-22-23-15-14-21(26-22)24-16-17-8-6-7-9-20(17)28-3/h6-15H,4-5,16H2,1-3H3,(H2,23,24,25,26). The van der Waals surface area contributed by atoms with Gasteiger partial charge < -0.3 is 20.3 Å². The number of para-hydroxylation sites is 1. The predicted octanol–water partition coefficient (Wildman–Crippen LogP) is 4.69. The van der Waals surface area contributed by atoms with Gasteiger partial charge in [-0.2, -0.15) is 4.98 Å². The molecule has 28 heavy (non-hydrogen) atoms. The Labute approximate surface area is 166 Å². The summed E-state index contributed by atoms with van der Waals surface area (Å²) in [7, 11) is 1.68. The summed E-state index contributed by atoms with van der Waals surface area (Å²) in [5.41, 5.74) is 3.24. The van der Waals surface area contributed by atoms with Gasteiger partial charge in [0.2, 0.25) is 5.95 Å². The van der Waals surface area contributed by atoms with E-state index in [0.29, 0.717) is 12.5 Å². The number of anilines is 4. The second-order valence-electron chi connectivity index (χ2n) is 6.28. The summed E-state index contributed by atoms with van der Waals surface area (Å²) in [6.07, 6.45) is 1.74. The van der Waals surface area contributed by atoms with Gasteiger partial charge in [0.25, 0.3) is 0 Å². The van der Waals surface area contributed by atoms with Crippen LogP contribution in [0.15, 0.2) is 60.8 Å². The number of aromatic nitrogens is 2. The average molecular weight is 377 g/mol. The quantitative estimate of drug-likeness (QED) is 0.564.